The van der Waals surface area contributed by atoms with Gasteiger partial charge in [-0.05, 0) is 36.1 Å². The lowest BCUT2D eigenvalue weighted by atomic mass is 10.2. The second-order valence-corrected chi connectivity index (χ2v) is 5.85. The van der Waals surface area contributed by atoms with E-state index in [0.29, 0.717) is 23.5 Å². The number of carbonyl (C=O) groups is 1. The molecule has 1 aromatic heterocycles. The van der Waals surface area contributed by atoms with Crippen LogP contribution in [-0.4, -0.2) is 50.6 Å². The summed E-state index contributed by atoms with van der Waals surface area (Å²) >= 11 is 1.37. The van der Waals surface area contributed by atoms with Crippen LogP contribution < -0.4 is 5.32 Å². The third-order valence-corrected chi connectivity index (χ3v) is 4.13. The van der Waals surface area contributed by atoms with Crippen LogP contribution in [-0.2, 0) is 16.1 Å². The second-order valence-electron chi connectivity index (χ2n) is 4.91. The molecule has 1 saturated heterocycles. The summed E-state index contributed by atoms with van der Waals surface area (Å²) in [5.41, 5.74) is 0. The molecule has 2 fully saturated rings. The van der Waals surface area contributed by atoms with Gasteiger partial charge in [0.25, 0.3) is 0 Å². The third-order valence-electron chi connectivity index (χ3n) is 3.17. The summed E-state index contributed by atoms with van der Waals surface area (Å²) in [5, 5.41) is 15.2. The van der Waals surface area contributed by atoms with Crippen LogP contribution in [0.2, 0.25) is 0 Å². The first-order valence-electron chi connectivity index (χ1n) is 6.61. The number of tetrazole rings is 1. The molecule has 0 bridgehead atoms. The van der Waals surface area contributed by atoms with Crippen LogP contribution in [0.3, 0.4) is 0 Å². The third kappa shape index (κ3) is 3.66. The number of aromatic nitrogens is 4. The van der Waals surface area contributed by atoms with Crippen molar-refractivity contribution in [2.24, 2.45) is 0 Å². The second kappa shape index (κ2) is 5.87. The fourth-order valence-corrected chi connectivity index (χ4v) is 2.72. The molecule has 1 atom stereocenters. The number of ether oxygens (including phenoxy) is 1. The van der Waals surface area contributed by atoms with E-state index >= 15 is 0 Å². The molecule has 0 radical (unpaired) electrons. The first-order chi connectivity index (χ1) is 9.31. The highest BCUT2D eigenvalue weighted by atomic mass is 32.2. The highest BCUT2D eigenvalue weighted by Crippen LogP contribution is 2.20. The van der Waals surface area contributed by atoms with Gasteiger partial charge in [0, 0.05) is 12.6 Å². The fraction of sp³-hybridized carbons (Fsp3) is 0.818. The van der Waals surface area contributed by atoms with Crippen LogP contribution >= 0.6 is 11.8 Å². The predicted octanol–water partition coefficient (Wildman–Crippen LogP) is 0.223. The van der Waals surface area contributed by atoms with E-state index < -0.39 is 0 Å². The van der Waals surface area contributed by atoms with Crippen LogP contribution in [0.25, 0.3) is 0 Å². The Bertz CT molecular complexity index is 442. The summed E-state index contributed by atoms with van der Waals surface area (Å²) in [4.78, 5) is 11.6. The number of amides is 1. The zero-order valence-electron chi connectivity index (χ0n) is 10.6. The maximum atomic E-state index is 11.6. The monoisotopic (exact) mass is 283 g/mol. The first-order valence-corrected chi connectivity index (χ1v) is 7.60. The van der Waals surface area contributed by atoms with Crippen molar-refractivity contribution in [3.8, 4) is 0 Å². The van der Waals surface area contributed by atoms with Gasteiger partial charge in [0.15, 0.2) is 0 Å². The zero-order chi connectivity index (χ0) is 13.1. The summed E-state index contributed by atoms with van der Waals surface area (Å²) in [5.74, 6) is 0.418. The normalized spacial score (nSPS) is 22.6. The van der Waals surface area contributed by atoms with E-state index in [2.05, 4.69) is 20.8 Å². The van der Waals surface area contributed by atoms with Gasteiger partial charge in [-0.25, -0.2) is 4.68 Å². The molecule has 0 aromatic carbocycles. The predicted molar refractivity (Wildman–Crippen MR) is 68.7 cm³/mol. The number of thioether (sulfide) groups is 1. The summed E-state index contributed by atoms with van der Waals surface area (Å²) in [6.45, 7) is 1.48. The molecule has 1 amide bonds. The molecule has 19 heavy (non-hydrogen) atoms. The largest absolute Gasteiger partial charge is 0.376 e. The Kier molecular flexibility index (Phi) is 3.97. The Morgan fingerprint density at radius 3 is 3.11 bits per heavy atom. The summed E-state index contributed by atoms with van der Waals surface area (Å²) in [6, 6.07) is 0.399. The molecule has 8 heteroatoms. The van der Waals surface area contributed by atoms with Crippen molar-refractivity contribution in [1.29, 1.82) is 0 Å². The standard InChI is InChI=1S/C11H17N5O2S/c17-10(12-8-3-4-8)7-19-11-13-14-15-16(11)6-9-2-1-5-18-9/h8-9H,1-7H2,(H,12,17). The minimum absolute atomic E-state index is 0.0548. The Balaban J connectivity index is 1.49. The van der Waals surface area contributed by atoms with E-state index in [1.54, 1.807) is 4.68 Å². The molecule has 7 nitrogen and oxygen atoms in total. The van der Waals surface area contributed by atoms with E-state index in [9.17, 15) is 4.79 Å². The van der Waals surface area contributed by atoms with E-state index in [-0.39, 0.29) is 12.0 Å². The molecule has 1 aromatic rings. The number of hydrogen-bond donors (Lipinski definition) is 1. The smallest absolute Gasteiger partial charge is 0.230 e. The molecule has 1 aliphatic carbocycles. The fourth-order valence-electron chi connectivity index (χ4n) is 2.02. The number of rotatable bonds is 6. The zero-order valence-corrected chi connectivity index (χ0v) is 11.4. The molecule has 0 spiro atoms. The molecule has 1 aliphatic heterocycles. The molecule has 1 N–H and O–H groups in total. The highest BCUT2D eigenvalue weighted by Gasteiger charge is 2.24. The van der Waals surface area contributed by atoms with Crippen LogP contribution in [0.4, 0.5) is 0 Å². The van der Waals surface area contributed by atoms with E-state index in [0.717, 1.165) is 32.3 Å². The Hall–Kier alpha value is -1.15. The lowest BCUT2D eigenvalue weighted by Gasteiger charge is -2.09. The average molecular weight is 283 g/mol. The average Bonchev–Trinajstić information content (AvgIpc) is 2.91. The van der Waals surface area contributed by atoms with Crippen molar-refractivity contribution >= 4 is 17.7 Å². The molecule has 2 heterocycles. The van der Waals surface area contributed by atoms with Gasteiger partial charge in [-0.15, -0.1) is 5.10 Å². The quantitative estimate of drug-likeness (QED) is 0.752. The van der Waals surface area contributed by atoms with E-state index in [1.807, 2.05) is 0 Å². The van der Waals surface area contributed by atoms with Gasteiger partial charge < -0.3 is 10.1 Å². The Labute approximate surface area is 115 Å². The molecule has 1 unspecified atom stereocenters. The first kappa shape index (κ1) is 12.9. The Morgan fingerprint density at radius 2 is 2.37 bits per heavy atom. The lowest BCUT2D eigenvalue weighted by molar-refractivity contribution is -0.118. The van der Waals surface area contributed by atoms with Gasteiger partial charge in [0.05, 0.1) is 18.4 Å². The lowest BCUT2D eigenvalue weighted by Crippen LogP contribution is -2.27. The Morgan fingerprint density at radius 1 is 1.47 bits per heavy atom. The minimum atomic E-state index is 0.0548. The molecular formula is C11H17N5O2S. The molecule has 2 aliphatic rings. The van der Waals surface area contributed by atoms with Crippen LogP contribution in [0, 0.1) is 0 Å². The van der Waals surface area contributed by atoms with Crippen molar-refractivity contribution < 1.29 is 9.53 Å². The summed E-state index contributed by atoms with van der Waals surface area (Å²) in [6.07, 6.45) is 4.55. The van der Waals surface area contributed by atoms with Gasteiger partial charge in [0.1, 0.15) is 0 Å². The van der Waals surface area contributed by atoms with Crippen molar-refractivity contribution in [2.75, 3.05) is 12.4 Å². The van der Waals surface area contributed by atoms with E-state index in [4.69, 9.17) is 4.74 Å². The van der Waals surface area contributed by atoms with Gasteiger partial charge in [0.2, 0.25) is 11.1 Å². The van der Waals surface area contributed by atoms with Gasteiger partial charge in [-0.3, -0.25) is 4.79 Å². The molecular weight excluding hydrogens is 266 g/mol. The number of nitrogens with zero attached hydrogens (tertiary/aromatic N) is 4. The van der Waals surface area contributed by atoms with Crippen molar-refractivity contribution in [1.82, 2.24) is 25.5 Å². The number of nitrogens with one attached hydrogen (secondary N) is 1. The number of hydrogen-bond acceptors (Lipinski definition) is 6. The molecule has 104 valence electrons. The SMILES string of the molecule is O=C(CSc1nnnn1CC1CCCO1)NC1CC1. The number of carbonyl (C=O) groups excluding carboxylic acids is 1. The van der Waals surface area contributed by atoms with Gasteiger partial charge >= 0.3 is 0 Å². The minimum Gasteiger partial charge on any atom is -0.376 e. The van der Waals surface area contributed by atoms with Crippen LogP contribution in [0.5, 0.6) is 0 Å². The van der Waals surface area contributed by atoms with Gasteiger partial charge in [-0.2, -0.15) is 0 Å². The summed E-state index contributed by atoms with van der Waals surface area (Å²) < 4.78 is 7.29. The van der Waals surface area contributed by atoms with Crippen molar-refractivity contribution in [2.45, 2.75) is 49.5 Å². The van der Waals surface area contributed by atoms with Gasteiger partial charge in [-0.1, -0.05) is 11.8 Å². The molecule has 3 rings (SSSR count). The maximum Gasteiger partial charge on any atom is 0.230 e. The topological polar surface area (TPSA) is 81.9 Å². The van der Waals surface area contributed by atoms with E-state index in [1.165, 1.54) is 11.8 Å². The van der Waals surface area contributed by atoms with Crippen LogP contribution in [0.1, 0.15) is 25.7 Å². The maximum absolute atomic E-state index is 11.6. The highest BCUT2D eigenvalue weighted by molar-refractivity contribution is 7.99. The van der Waals surface area contributed by atoms with Crippen molar-refractivity contribution in [3.05, 3.63) is 0 Å². The van der Waals surface area contributed by atoms with Crippen LogP contribution in [0.15, 0.2) is 5.16 Å². The summed E-state index contributed by atoms with van der Waals surface area (Å²) in [7, 11) is 0. The molecule has 1 saturated carbocycles. The van der Waals surface area contributed by atoms with Crippen molar-refractivity contribution in [3.63, 3.8) is 0 Å².